The highest BCUT2D eigenvalue weighted by atomic mass is 35.5. The molecule has 3 rings (SSSR count). The predicted octanol–water partition coefficient (Wildman–Crippen LogP) is 4.97. The maximum atomic E-state index is 12.2. The number of halogens is 1. The van der Waals surface area contributed by atoms with E-state index in [-0.39, 0.29) is 5.91 Å². The number of thiazole rings is 1. The van der Waals surface area contributed by atoms with E-state index in [2.05, 4.69) is 33.1 Å². The number of carbonyl (C=O) groups is 1. The highest BCUT2D eigenvalue weighted by Gasteiger charge is 2.11. The molecule has 0 saturated carbocycles. The molecular weight excluding hydrogens is 412 g/mol. The zero-order chi connectivity index (χ0) is 19.8. The van der Waals surface area contributed by atoms with Crippen LogP contribution in [0.25, 0.3) is 0 Å². The van der Waals surface area contributed by atoms with Gasteiger partial charge in [-0.2, -0.15) is 0 Å². The van der Waals surface area contributed by atoms with Crippen molar-refractivity contribution in [3.63, 3.8) is 0 Å². The first-order chi connectivity index (χ1) is 13.6. The maximum absolute atomic E-state index is 12.2. The number of carbonyl (C=O) groups excluding carboxylic acids is 1. The summed E-state index contributed by atoms with van der Waals surface area (Å²) in [4.78, 5) is 16.5. The highest BCUT2D eigenvalue weighted by Crippen LogP contribution is 2.17. The van der Waals surface area contributed by atoms with Gasteiger partial charge >= 0.3 is 0 Å². The first-order valence-electron chi connectivity index (χ1n) is 8.71. The largest absolute Gasteiger partial charge is 0.351 e. The standard InChI is InChI=1S/C20H19ClN4OS2/c21-15-8-10-16(11-9-15)23-19(27)25-20-24-17(13-28-20)18(26)22-12-4-7-14-5-2-1-3-6-14/h1-3,5-6,8-11,13H,4,7,12H2,(H,22,26)(H2,23,24,25,27). The van der Waals surface area contributed by atoms with E-state index in [1.165, 1.54) is 16.9 Å². The third-order valence-electron chi connectivity index (χ3n) is 3.83. The average molecular weight is 431 g/mol. The summed E-state index contributed by atoms with van der Waals surface area (Å²) >= 11 is 12.5. The molecule has 5 nitrogen and oxygen atoms in total. The van der Waals surface area contributed by atoms with Gasteiger partial charge in [-0.25, -0.2) is 4.98 Å². The second-order valence-corrected chi connectivity index (χ2v) is 7.67. The average Bonchev–Trinajstić information content (AvgIpc) is 3.16. The van der Waals surface area contributed by atoms with E-state index >= 15 is 0 Å². The van der Waals surface area contributed by atoms with Crippen LogP contribution in [0.3, 0.4) is 0 Å². The van der Waals surface area contributed by atoms with Crippen molar-refractivity contribution in [3.8, 4) is 0 Å². The first-order valence-corrected chi connectivity index (χ1v) is 10.4. The lowest BCUT2D eigenvalue weighted by Gasteiger charge is -2.08. The molecule has 0 aliphatic heterocycles. The molecule has 1 heterocycles. The number of amides is 1. The van der Waals surface area contributed by atoms with Crippen LogP contribution in [-0.2, 0) is 6.42 Å². The summed E-state index contributed by atoms with van der Waals surface area (Å²) in [6.07, 6.45) is 1.80. The van der Waals surface area contributed by atoms with Crippen LogP contribution in [0.15, 0.2) is 60.0 Å². The molecular formula is C20H19ClN4OS2. The van der Waals surface area contributed by atoms with Gasteiger partial charge in [-0.3, -0.25) is 4.79 Å². The molecule has 0 spiro atoms. The van der Waals surface area contributed by atoms with Crippen molar-refractivity contribution in [3.05, 3.63) is 76.3 Å². The van der Waals surface area contributed by atoms with Crippen LogP contribution in [0.5, 0.6) is 0 Å². The molecule has 1 aromatic heterocycles. The Kier molecular flexibility index (Phi) is 7.36. The van der Waals surface area contributed by atoms with Crippen molar-refractivity contribution in [1.29, 1.82) is 0 Å². The lowest BCUT2D eigenvalue weighted by molar-refractivity contribution is 0.0949. The third kappa shape index (κ3) is 6.30. The Hall–Kier alpha value is -2.48. The zero-order valence-electron chi connectivity index (χ0n) is 14.9. The molecule has 0 radical (unpaired) electrons. The zero-order valence-corrected chi connectivity index (χ0v) is 17.3. The number of aryl methyl sites for hydroxylation is 1. The number of anilines is 2. The molecule has 8 heteroatoms. The Morgan fingerprint density at radius 3 is 2.57 bits per heavy atom. The first kappa shape index (κ1) is 20.3. The third-order valence-corrected chi connectivity index (χ3v) is 5.04. The summed E-state index contributed by atoms with van der Waals surface area (Å²) in [6, 6.07) is 17.4. The van der Waals surface area contributed by atoms with Crippen LogP contribution in [0.2, 0.25) is 5.02 Å². The number of aromatic nitrogens is 1. The monoisotopic (exact) mass is 430 g/mol. The fraction of sp³-hybridized carbons (Fsp3) is 0.150. The van der Waals surface area contributed by atoms with E-state index in [0.29, 0.717) is 27.5 Å². The number of hydrogen-bond acceptors (Lipinski definition) is 4. The summed E-state index contributed by atoms with van der Waals surface area (Å²) in [6.45, 7) is 0.602. The molecule has 0 saturated heterocycles. The number of rotatable bonds is 7. The SMILES string of the molecule is O=C(NCCCc1ccccc1)c1csc(NC(=S)Nc2ccc(Cl)cc2)n1. The van der Waals surface area contributed by atoms with Crippen molar-refractivity contribution in [2.24, 2.45) is 0 Å². The molecule has 2 aromatic carbocycles. The van der Waals surface area contributed by atoms with Gasteiger partial charge in [0.05, 0.1) is 0 Å². The summed E-state index contributed by atoms with van der Waals surface area (Å²) in [5.74, 6) is -0.186. The molecule has 144 valence electrons. The van der Waals surface area contributed by atoms with Crippen LogP contribution in [0.1, 0.15) is 22.5 Å². The molecule has 1 amide bonds. The van der Waals surface area contributed by atoms with E-state index in [0.717, 1.165) is 18.5 Å². The van der Waals surface area contributed by atoms with E-state index < -0.39 is 0 Å². The fourth-order valence-electron chi connectivity index (χ4n) is 2.46. The minimum atomic E-state index is -0.186. The number of nitrogens with one attached hydrogen (secondary N) is 3. The van der Waals surface area contributed by atoms with E-state index in [4.69, 9.17) is 23.8 Å². The second kappa shape index (κ2) is 10.2. The van der Waals surface area contributed by atoms with Gasteiger partial charge in [0.2, 0.25) is 0 Å². The van der Waals surface area contributed by atoms with E-state index in [1.807, 2.05) is 30.3 Å². The number of benzene rings is 2. The van der Waals surface area contributed by atoms with Crippen LogP contribution in [-0.4, -0.2) is 22.5 Å². The van der Waals surface area contributed by atoms with Crippen LogP contribution < -0.4 is 16.0 Å². The Bertz CT molecular complexity index is 929. The number of thiocarbonyl (C=S) groups is 1. The minimum Gasteiger partial charge on any atom is -0.351 e. The second-order valence-electron chi connectivity index (χ2n) is 5.97. The molecule has 3 aromatic rings. The Morgan fingerprint density at radius 2 is 1.82 bits per heavy atom. The van der Waals surface area contributed by atoms with E-state index in [9.17, 15) is 4.79 Å². The quantitative estimate of drug-likeness (QED) is 0.365. The van der Waals surface area contributed by atoms with Gasteiger partial charge < -0.3 is 16.0 Å². The smallest absolute Gasteiger partial charge is 0.270 e. The van der Waals surface area contributed by atoms with Gasteiger partial charge in [-0.05, 0) is 54.9 Å². The molecule has 0 atom stereocenters. The van der Waals surface area contributed by atoms with Crippen LogP contribution in [0, 0.1) is 0 Å². The summed E-state index contributed by atoms with van der Waals surface area (Å²) in [5, 5.41) is 12.2. The van der Waals surface area contributed by atoms with Gasteiger partial charge in [-0.1, -0.05) is 41.9 Å². The predicted molar refractivity (Wildman–Crippen MR) is 121 cm³/mol. The number of hydrogen-bond donors (Lipinski definition) is 3. The van der Waals surface area contributed by atoms with Crippen molar-refractivity contribution >= 4 is 57.0 Å². The van der Waals surface area contributed by atoms with Crippen molar-refractivity contribution in [2.45, 2.75) is 12.8 Å². The molecule has 0 aliphatic carbocycles. The summed E-state index contributed by atoms with van der Waals surface area (Å²) in [7, 11) is 0. The lowest BCUT2D eigenvalue weighted by Crippen LogP contribution is -2.25. The van der Waals surface area contributed by atoms with Crippen LogP contribution in [0.4, 0.5) is 10.8 Å². The molecule has 3 N–H and O–H groups in total. The van der Waals surface area contributed by atoms with E-state index in [1.54, 1.807) is 17.5 Å². The van der Waals surface area contributed by atoms with Gasteiger partial charge in [-0.15, -0.1) is 11.3 Å². The van der Waals surface area contributed by atoms with Crippen molar-refractivity contribution in [1.82, 2.24) is 10.3 Å². The number of nitrogens with zero attached hydrogens (tertiary/aromatic N) is 1. The van der Waals surface area contributed by atoms with Crippen molar-refractivity contribution < 1.29 is 4.79 Å². The molecule has 28 heavy (non-hydrogen) atoms. The van der Waals surface area contributed by atoms with Gasteiger partial charge in [0.15, 0.2) is 10.2 Å². The summed E-state index contributed by atoms with van der Waals surface area (Å²) < 4.78 is 0. The van der Waals surface area contributed by atoms with Crippen molar-refractivity contribution in [2.75, 3.05) is 17.2 Å². The fourth-order valence-corrected chi connectivity index (χ4v) is 3.56. The maximum Gasteiger partial charge on any atom is 0.270 e. The van der Waals surface area contributed by atoms with Gasteiger partial charge in [0.25, 0.3) is 5.91 Å². The van der Waals surface area contributed by atoms with Gasteiger partial charge in [0.1, 0.15) is 5.69 Å². The summed E-state index contributed by atoms with van der Waals surface area (Å²) in [5.41, 5.74) is 2.45. The Labute approximate surface area is 178 Å². The lowest BCUT2D eigenvalue weighted by atomic mass is 10.1. The van der Waals surface area contributed by atoms with Crippen LogP contribution >= 0.6 is 35.2 Å². The molecule has 0 fully saturated rings. The molecule has 0 bridgehead atoms. The molecule has 0 unspecified atom stereocenters. The minimum absolute atomic E-state index is 0.186. The Balaban J connectivity index is 1.43. The highest BCUT2D eigenvalue weighted by molar-refractivity contribution is 7.80. The topological polar surface area (TPSA) is 66.1 Å². The normalized spacial score (nSPS) is 10.3. The Morgan fingerprint density at radius 1 is 1.07 bits per heavy atom. The van der Waals surface area contributed by atoms with Gasteiger partial charge in [0, 0.05) is 22.6 Å². The molecule has 0 aliphatic rings.